The van der Waals surface area contributed by atoms with Crippen LogP contribution in [-0.4, -0.2) is 29.9 Å². The first-order chi connectivity index (χ1) is 15.6. The summed E-state index contributed by atoms with van der Waals surface area (Å²) in [7, 11) is 1.31. The Balaban J connectivity index is 1.88. The van der Waals surface area contributed by atoms with Crippen molar-refractivity contribution in [2.24, 2.45) is 0 Å². The predicted molar refractivity (Wildman–Crippen MR) is 122 cm³/mol. The van der Waals surface area contributed by atoms with Gasteiger partial charge in [0.2, 0.25) is 0 Å². The molecule has 1 aliphatic heterocycles. The molecule has 0 saturated carbocycles. The molecule has 5 nitrogen and oxygen atoms in total. The Morgan fingerprint density at radius 2 is 1.72 bits per heavy atom. The Morgan fingerprint density at radius 1 is 1.00 bits per heavy atom. The number of benzene rings is 3. The third-order valence-corrected chi connectivity index (χ3v) is 6.18. The van der Waals surface area contributed by atoms with Crippen molar-refractivity contribution in [1.82, 2.24) is 4.90 Å². The van der Waals surface area contributed by atoms with E-state index in [4.69, 9.17) is 16.3 Å². The fraction of sp³-hybridized carbons (Fsp3) is 0.192. The molecule has 0 bridgehead atoms. The van der Waals surface area contributed by atoms with E-state index in [0.29, 0.717) is 23.4 Å². The topological polar surface area (TPSA) is 70.4 Å². The number of nitriles is 1. The average molecular weight is 445 g/mol. The van der Waals surface area contributed by atoms with Crippen LogP contribution in [0.1, 0.15) is 40.4 Å². The fourth-order valence-corrected chi connectivity index (χ4v) is 4.64. The highest BCUT2D eigenvalue weighted by Crippen LogP contribution is 2.41. The van der Waals surface area contributed by atoms with Crippen LogP contribution in [0.4, 0.5) is 0 Å². The highest BCUT2D eigenvalue weighted by Gasteiger charge is 2.44. The van der Waals surface area contributed by atoms with Crippen LogP contribution in [0, 0.1) is 11.3 Å². The van der Waals surface area contributed by atoms with E-state index in [0.717, 1.165) is 11.1 Å². The number of methoxy groups -OCH3 is 1. The summed E-state index contributed by atoms with van der Waals surface area (Å²) in [6, 6.07) is 22.9. The summed E-state index contributed by atoms with van der Waals surface area (Å²) in [4.78, 5) is 28.2. The molecule has 1 saturated heterocycles. The van der Waals surface area contributed by atoms with Gasteiger partial charge in [0.05, 0.1) is 30.3 Å². The number of rotatable bonds is 4. The molecule has 0 aromatic heterocycles. The molecule has 0 radical (unpaired) electrons. The molecule has 3 aromatic rings. The van der Waals surface area contributed by atoms with Gasteiger partial charge in [0.15, 0.2) is 0 Å². The lowest BCUT2D eigenvalue weighted by Crippen LogP contribution is -2.43. The molecule has 1 aliphatic rings. The first-order valence-electron chi connectivity index (χ1n) is 10.3. The van der Waals surface area contributed by atoms with Gasteiger partial charge in [-0.05, 0) is 41.7 Å². The molecule has 1 heterocycles. The second-order valence-electron chi connectivity index (χ2n) is 7.57. The Morgan fingerprint density at radius 3 is 2.41 bits per heavy atom. The molecular weight excluding hydrogens is 424 g/mol. The van der Waals surface area contributed by atoms with Crippen LogP contribution < -0.4 is 0 Å². The fourth-order valence-electron chi connectivity index (χ4n) is 4.38. The molecule has 0 spiro atoms. The van der Waals surface area contributed by atoms with Gasteiger partial charge >= 0.3 is 5.97 Å². The largest absolute Gasteiger partial charge is 0.467 e. The number of likely N-dealkylation sites (tertiary alicyclic amines) is 1. The normalized spacial score (nSPS) is 17.6. The van der Waals surface area contributed by atoms with Crippen molar-refractivity contribution >= 4 is 23.5 Å². The number of halogens is 1. The van der Waals surface area contributed by atoms with E-state index in [1.807, 2.05) is 54.6 Å². The monoisotopic (exact) mass is 444 g/mol. The Labute approximate surface area is 191 Å². The van der Waals surface area contributed by atoms with Crippen molar-refractivity contribution in [2.75, 3.05) is 7.11 Å². The van der Waals surface area contributed by atoms with Crippen LogP contribution in [0.3, 0.4) is 0 Å². The van der Waals surface area contributed by atoms with Gasteiger partial charge in [0.1, 0.15) is 6.04 Å². The molecule has 0 aliphatic carbocycles. The molecule has 6 heteroatoms. The number of hydrogen-bond acceptors (Lipinski definition) is 4. The molecule has 4 rings (SSSR count). The molecule has 32 heavy (non-hydrogen) atoms. The highest BCUT2D eigenvalue weighted by molar-refractivity contribution is 6.31. The summed E-state index contributed by atoms with van der Waals surface area (Å²) in [6.07, 6.45) is 1.01. The second-order valence-corrected chi connectivity index (χ2v) is 7.98. The van der Waals surface area contributed by atoms with Crippen LogP contribution >= 0.6 is 11.6 Å². The lowest BCUT2D eigenvalue weighted by Gasteiger charge is -2.31. The highest BCUT2D eigenvalue weighted by atomic mass is 35.5. The number of carbonyl (C=O) groups excluding carboxylic acids is 2. The summed E-state index contributed by atoms with van der Waals surface area (Å²) in [6.45, 7) is 0. The molecule has 160 valence electrons. The van der Waals surface area contributed by atoms with Crippen LogP contribution in [0.2, 0.25) is 5.02 Å². The lowest BCUT2D eigenvalue weighted by atomic mass is 9.94. The van der Waals surface area contributed by atoms with Gasteiger partial charge < -0.3 is 9.64 Å². The zero-order valence-electron chi connectivity index (χ0n) is 17.5. The summed E-state index contributed by atoms with van der Waals surface area (Å²) >= 11 is 6.46. The quantitative estimate of drug-likeness (QED) is 0.505. The van der Waals surface area contributed by atoms with E-state index in [2.05, 4.69) is 6.07 Å². The number of ether oxygens (including phenoxy) is 1. The Kier molecular flexibility index (Phi) is 6.25. The number of esters is 1. The predicted octanol–water partition coefficient (Wildman–Crippen LogP) is 5.40. The first-order valence-corrected chi connectivity index (χ1v) is 10.7. The van der Waals surface area contributed by atoms with Crippen molar-refractivity contribution in [3.8, 4) is 17.2 Å². The molecule has 3 aromatic carbocycles. The van der Waals surface area contributed by atoms with E-state index in [9.17, 15) is 14.9 Å². The summed E-state index contributed by atoms with van der Waals surface area (Å²) in [5.41, 5.74) is 2.75. The molecule has 2 unspecified atom stereocenters. The van der Waals surface area contributed by atoms with E-state index in [1.165, 1.54) is 12.0 Å². The summed E-state index contributed by atoms with van der Waals surface area (Å²) < 4.78 is 5.01. The van der Waals surface area contributed by atoms with Crippen LogP contribution in [0.5, 0.6) is 0 Å². The van der Waals surface area contributed by atoms with Crippen molar-refractivity contribution < 1.29 is 14.3 Å². The SMILES string of the molecule is COC(=O)C1CCC(c2ccccc2Cl)N1C(=O)c1c(C#N)cccc1-c1ccccc1. The maximum Gasteiger partial charge on any atom is 0.328 e. The number of carbonyl (C=O) groups is 2. The van der Waals surface area contributed by atoms with Gasteiger partial charge in [-0.1, -0.05) is 72.3 Å². The minimum Gasteiger partial charge on any atom is -0.467 e. The molecule has 0 N–H and O–H groups in total. The van der Waals surface area contributed by atoms with E-state index in [1.54, 1.807) is 18.2 Å². The lowest BCUT2D eigenvalue weighted by molar-refractivity contribution is -0.145. The molecule has 1 amide bonds. The minimum atomic E-state index is -0.760. The summed E-state index contributed by atoms with van der Waals surface area (Å²) in [5.74, 6) is -0.873. The maximum absolute atomic E-state index is 14.1. The molecule has 2 atom stereocenters. The first kappa shape index (κ1) is 21.6. The van der Waals surface area contributed by atoms with Gasteiger partial charge in [0, 0.05) is 5.02 Å². The third-order valence-electron chi connectivity index (χ3n) is 5.84. The molecular formula is C26H21ClN2O3. The van der Waals surface area contributed by atoms with E-state index < -0.39 is 18.1 Å². The van der Waals surface area contributed by atoms with Crippen LogP contribution in [0.25, 0.3) is 11.1 Å². The van der Waals surface area contributed by atoms with Gasteiger partial charge in [-0.15, -0.1) is 0 Å². The van der Waals surface area contributed by atoms with Crippen molar-refractivity contribution in [2.45, 2.75) is 24.9 Å². The Hall–Kier alpha value is -3.62. The zero-order chi connectivity index (χ0) is 22.7. The van der Waals surface area contributed by atoms with Gasteiger partial charge in [-0.3, -0.25) is 4.79 Å². The van der Waals surface area contributed by atoms with Gasteiger partial charge in [0.25, 0.3) is 5.91 Å². The van der Waals surface area contributed by atoms with Gasteiger partial charge in [-0.2, -0.15) is 5.26 Å². The molecule has 1 fully saturated rings. The Bertz CT molecular complexity index is 1200. The third kappa shape index (κ3) is 3.86. The van der Waals surface area contributed by atoms with Crippen molar-refractivity contribution in [1.29, 1.82) is 5.26 Å². The number of hydrogen-bond donors (Lipinski definition) is 0. The van der Waals surface area contributed by atoms with Crippen LogP contribution in [0.15, 0.2) is 72.8 Å². The minimum absolute atomic E-state index is 0.254. The smallest absolute Gasteiger partial charge is 0.328 e. The van der Waals surface area contributed by atoms with Crippen molar-refractivity contribution in [3.05, 3.63) is 94.5 Å². The van der Waals surface area contributed by atoms with Gasteiger partial charge in [-0.25, -0.2) is 4.79 Å². The maximum atomic E-state index is 14.1. The van der Waals surface area contributed by atoms with E-state index in [-0.39, 0.29) is 17.0 Å². The summed E-state index contributed by atoms with van der Waals surface area (Å²) in [5, 5.41) is 10.3. The average Bonchev–Trinajstić information content (AvgIpc) is 3.28. The number of amides is 1. The standard InChI is InChI=1S/C26H21ClN2O3/c1-32-26(31)23-15-14-22(20-11-5-6-13-21(20)27)29(23)25(30)24-18(16-28)10-7-12-19(24)17-8-3-2-4-9-17/h2-13,22-23H,14-15H2,1H3. The van der Waals surface area contributed by atoms with Crippen LogP contribution in [-0.2, 0) is 9.53 Å². The van der Waals surface area contributed by atoms with Crippen molar-refractivity contribution in [3.63, 3.8) is 0 Å². The van der Waals surface area contributed by atoms with E-state index >= 15 is 0 Å². The number of nitrogens with zero attached hydrogens (tertiary/aromatic N) is 2. The second kappa shape index (κ2) is 9.25. The zero-order valence-corrected chi connectivity index (χ0v) is 18.3.